The van der Waals surface area contributed by atoms with E-state index in [2.05, 4.69) is 4.98 Å². The van der Waals surface area contributed by atoms with E-state index >= 15 is 0 Å². The molecule has 7 heteroatoms. The summed E-state index contributed by atoms with van der Waals surface area (Å²) < 4.78 is 5.77. The van der Waals surface area contributed by atoms with Gasteiger partial charge < -0.3 is 15.1 Å². The van der Waals surface area contributed by atoms with Crippen LogP contribution in [0.1, 0.15) is 6.42 Å². The molecule has 2 N–H and O–H groups in total. The second-order valence-corrected chi connectivity index (χ2v) is 6.43. The number of rotatable bonds is 3. The van der Waals surface area contributed by atoms with Crippen LogP contribution >= 0.6 is 11.6 Å². The van der Waals surface area contributed by atoms with Crippen LogP contribution in [-0.2, 0) is 9.59 Å². The maximum absolute atomic E-state index is 12.2. The monoisotopic (exact) mass is 355 g/mol. The van der Waals surface area contributed by atoms with Gasteiger partial charge in [0.05, 0.1) is 5.92 Å². The van der Waals surface area contributed by atoms with Crippen LogP contribution in [0.25, 0.3) is 22.6 Å². The van der Waals surface area contributed by atoms with E-state index in [1.54, 1.807) is 23.1 Å². The summed E-state index contributed by atoms with van der Waals surface area (Å²) in [7, 11) is 0. The van der Waals surface area contributed by atoms with E-state index in [1.807, 2.05) is 24.3 Å². The first-order chi connectivity index (χ1) is 12.0. The number of primary amides is 1. The summed E-state index contributed by atoms with van der Waals surface area (Å²) in [5, 5.41) is 0.584. The van der Waals surface area contributed by atoms with Crippen molar-refractivity contribution >= 4 is 40.2 Å². The van der Waals surface area contributed by atoms with Crippen molar-refractivity contribution < 1.29 is 14.0 Å². The molecule has 0 bridgehead atoms. The fourth-order valence-corrected chi connectivity index (χ4v) is 3.14. The fraction of sp³-hybridized carbons (Fsp3) is 0.167. The summed E-state index contributed by atoms with van der Waals surface area (Å²) in [4.78, 5) is 29.5. The summed E-state index contributed by atoms with van der Waals surface area (Å²) in [5.41, 5.74) is 8.05. The molecule has 0 unspecified atom stereocenters. The molecule has 3 aromatic rings. The van der Waals surface area contributed by atoms with Crippen LogP contribution in [-0.4, -0.2) is 23.3 Å². The molecule has 4 rings (SSSR count). The zero-order valence-electron chi connectivity index (χ0n) is 13.1. The molecule has 6 nitrogen and oxygen atoms in total. The summed E-state index contributed by atoms with van der Waals surface area (Å²) in [6.07, 6.45) is 0.140. The van der Waals surface area contributed by atoms with E-state index in [0.717, 1.165) is 5.56 Å². The predicted molar refractivity (Wildman–Crippen MR) is 94.1 cm³/mol. The van der Waals surface area contributed by atoms with Gasteiger partial charge in [0.2, 0.25) is 17.7 Å². The normalized spacial score (nSPS) is 17.4. The van der Waals surface area contributed by atoms with Crippen molar-refractivity contribution in [2.45, 2.75) is 6.42 Å². The van der Waals surface area contributed by atoms with Crippen molar-refractivity contribution in [2.24, 2.45) is 11.7 Å². The third-order valence-corrected chi connectivity index (χ3v) is 4.52. The smallest absolute Gasteiger partial charge is 0.227 e. The molecule has 126 valence electrons. The van der Waals surface area contributed by atoms with Crippen molar-refractivity contribution in [3.05, 3.63) is 47.5 Å². The highest BCUT2D eigenvalue weighted by Gasteiger charge is 2.34. The molecule has 1 fully saturated rings. The molecule has 2 heterocycles. The summed E-state index contributed by atoms with van der Waals surface area (Å²) >= 11 is 5.98. The van der Waals surface area contributed by atoms with Gasteiger partial charge in [-0.15, -0.1) is 0 Å². The fourth-order valence-electron chi connectivity index (χ4n) is 2.98. The van der Waals surface area contributed by atoms with Crippen LogP contribution in [0, 0.1) is 5.92 Å². The number of benzene rings is 2. The number of aromatic nitrogens is 1. The lowest BCUT2D eigenvalue weighted by molar-refractivity contribution is -0.123. The van der Waals surface area contributed by atoms with Crippen molar-refractivity contribution in [1.29, 1.82) is 0 Å². The number of carbonyl (C=O) groups is 2. The molecular formula is C18H14ClN3O3. The van der Waals surface area contributed by atoms with E-state index < -0.39 is 11.8 Å². The van der Waals surface area contributed by atoms with E-state index in [1.165, 1.54) is 0 Å². The van der Waals surface area contributed by atoms with Crippen LogP contribution in [0.5, 0.6) is 0 Å². The number of nitrogens with two attached hydrogens (primary N) is 1. The second kappa shape index (κ2) is 5.89. The lowest BCUT2D eigenvalue weighted by atomic mass is 10.1. The Morgan fingerprint density at radius 1 is 1.28 bits per heavy atom. The first kappa shape index (κ1) is 15.7. The molecule has 1 saturated heterocycles. The van der Waals surface area contributed by atoms with Crippen LogP contribution in [0.3, 0.4) is 0 Å². The number of nitrogens with zero attached hydrogens (tertiary/aromatic N) is 2. The Bertz CT molecular complexity index is 998. The predicted octanol–water partition coefficient (Wildman–Crippen LogP) is 2.99. The molecule has 2 amide bonds. The van der Waals surface area contributed by atoms with Gasteiger partial charge in [-0.25, -0.2) is 4.98 Å². The maximum Gasteiger partial charge on any atom is 0.227 e. The molecule has 1 atom stereocenters. The summed E-state index contributed by atoms with van der Waals surface area (Å²) in [6.45, 7) is 0.292. The summed E-state index contributed by atoms with van der Waals surface area (Å²) in [5.74, 6) is -0.590. The molecule has 0 saturated carbocycles. The average Bonchev–Trinajstić information content (AvgIpc) is 3.18. The molecular weight excluding hydrogens is 342 g/mol. The highest BCUT2D eigenvalue weighted by Crippen LogP contribution is 2.31. The number of oxazole rings is 1. The van der Waals surface area contributed by atoms with Gasteiger partial charge in [0, 0.05) is 29.2 Å². The largest absolute Gasteiger partial charge is 0.436 e. The molecule has 25 heavy (non-hydrogen) atoms. The second-order valence-electron chi connectivity index (χ2n) is 5.99. The molecule has 0 radical (unpaired) electrons. The van der Waals surface area contributed by atoms with Gasteiger partial charge in [0.15, 0.2) is 5.58 Å². The highest BCUT2D eigenvalue weighted by atomic mass is 35.5. The number of carbonyl (C=O) groups excluding carboxylic acids is 2. The van der Waals surface area contributed by atoms with Crippen molar-refractivity contribution in [3.63, 3.8) is 0 Å². The van der Waals surface area contributed by atoms with E-state index in [0.29, 0.717) is 34.2 Å². The van der Waals surface area contributed by atoms with Crippen molar-refractivity contribution in [3.8, 4) is 11.5 Å². The topological polar surface area (TPSA) is 89.4 Å². The minimum Gasteiger partial charge on any atom is -0.436 e. The van der Waals surface area contributed by atoms with Gasteiger partial charge in [-0.1, -0.05) is 17.7 Å². The average molecular weight is 356 g/mol. The number of halogens is 1. The van der Waals surface area contributed by atoms with Crippen LogP contribution in [0.2, 0.25) is 5.02 Å². The van der Waals surface area contributed by atoms with E-state index in [-0.39, 0.29) is 12.3 Å². The van der Waals surface area contributed by atoms with Gasteiger partial charge >= 0.3 is 0 Å². The molecule has 1 aromatic heterocycles. The van der Waals surface area contributed by atoms with Crippen molar-refractivity contribution in [1.82, 2.24) is 4.98 Å². The molecule has 1 aliphatic rings. The standard InChI is InChI=1S/C18H14ClN3O3/c19-12-4-5-15-14(8-12)21-18(25-15)10-2-1-3-13(6-10)22-9-11(17(20)24)7-16(22)23/h1-6,8,11H,7,9H2,(H2,20,24)/t11-/m1/s1. The molecule has 1 aliphatic heterocycles. The zero-order valence-corrected chi connectivity index (χ0v) is 13.9. The molecule has 0 spiro atoms. The Morgan fingerprint density at radius 2 is 2.12 bits per heavy atom. The molecule has 0 aliphatic carbocycles. The SMILES string of the molecule is NC(=O)[C@@H]1CC(=O)N(c2cccc(-c3nc4cc(Cl)ccc4o3)c2)C1. The van der Waals surface area contributed by atoms with Gasteiger partial charge in [0.25, 0.3) is 0 Å². The number of fused-ring (bicyclic) bond motifs is 1. The minimum absolute atomic E-state index is 0.120. The number of anilines is 1. The van der Waals surface area contributed by atoms with Crippen LogP contribution in [0.15, 0.2) is 46.9 Å². The first-order valence-corrected chi connectivity index (χ1v) is 8.15. The maximum atomic E-state index is 12.2. The Morgan fingerprint density at radius 3 is 2.88 bits per heavy atom. The van der Waals surface area contributed by atoms with Gasteiger partial charge in [-0.05, 0) is 36.4 Å². The Kier molecular flexibility index (Phi) is 3.69. The zero-order chi connectivity index (χ0) is 17.6. The highest BCUT2D eigenvalue weighted by molar-refractivity contribution is 6.31. The number of amides is 2. The lowest BCUT2D eigenvalue weighted by Gasteiger charge is -2.16. The van der Waals surface area contributed by atoms with Crippen molar-refractivity contribution in [2.75, 3.05) is 11.4 Å². The van der Waals surface area contributed by atoms with Crippen LogP contribution in [0.4, 0.5) is 5.69 Å². The number of hydrogen-bond donors (Lipinski definition) is 1. The molecule has 2 aromatic carbocycles. The third kappa shape index (κ3) is 2.85. The summed E-state index contributed by atoms with van der Waals surface area (Å²) in [6, 6.07) is 12.5. The van der Waals surface area contributed by atoms with E-state index in [4.69, 9.17) is 21.8 Å². The quantitative estimate of drug-likeness (QED) is 0.782. The third-order valence-electron chi connectivity index (χ3n) is 4.28. The Labute approximate surface area is 148 Å². The lowest BCUT2D eigenvalue weighted by Crippen LogP contribution is -2.28. The van der Waals surface area contributed by atoms with E-state index in [9.17, 15) is 9.59 Å². The van der Waals surface area contributed by atoms with Gasteiger partial charge in [-0.2, -0.15) is 0 Å². The first-order valence-electron chi connectivity index (χ1n) is 7.77. The van der Waals surface area contributed by atoms with Gasteiger partial charge in [0.1, 0.15) is 5.52 Å². The Hall–Kier alpha value is -2.86. The van der Waals surface area contributed by atoms with Crippen LogP contribution < -0.4 is 10.6 Å². The Balaban J connectivity index is 1.69. The minimum atomic E-state index is -0.456. The van der Waals surface area contributed by atoms with Gasteiger partial charge in [-0.3, -0.25) is 9.59 Å². The number of hydrogen-bond acceptors (Lipinski definition) is 4.